The van der Waals surface area contributed by atoms with Crippen molar-refractivity contribution in [3.63, 3.8) is 0 Å². The number of benzene rings is 1. The Morgan fingerprint density at radius 3 is 2.50 bits per heavy atom. The smallest absolute Gasteiger partial charge is 0.223 e. The number of carbonyl (C=O) groups excluding carboxylic acids is 1. The maximum Gasteiger partial charge on any atom is 0.223 e. The van der Waals surface area contributed by atoms with Crippen LogP contribution >= 0.6 is 11.6 Å². The van der Waals surface area contributed by atoms with Crippen LogP contribution in [0.25, 0.3) is 0 Å². The molecule has 3 nitrogen and oxygen atoms in total. The summed E-state index contributed by atoms with van der Waals surface area (Å²) in [5.74, 6) is 0.165. The number of hydrogen-bond donors (Lipinski definition) is 1. The maximum atomic E-state index is 12.0. The molecule has 1 aromatic rings. The molecule has 1 atom stereocenters. The first-order valence-corrected chi connectivity index (χ1v) is 6.50. The van der Waals surface area contributed by atoms with Gasteiger partial charge in [0.1, 0.15) is 0 Å². The lowest BCUT2D eigenvalue weighted by atomic mass is 9.92. The Labute approximate surface area is 112 Å². The fourth-order valence-electron chi connectivity index (χ4n) is 2.46. The van der Waals surface area contributed by atoms with Crippen LogP contribution in [-0.2, 0) is 10.3 Å². The molecule has 18 heavy (non-hydrogen) atoms. The van der Waals surface area contributed by atoms with Crippen LogP contribution < -0.4 is 0 Å². The summed E-state index contributed by atoms with van der Waals surface area (Å²) in [6, 6.07) is 7.56. The lowest BCUT2D eigenvalue weighted by Gasteiger charge is -2.36. The SMILES string of the molecule is CC(C)(c1ccc(Cl)cc1)N1CC(CO)CC1=O. The van der Waals surface area contributed by atoms with Crippen LogP contribution in [0.2, 0.25) is 5.02 Å². The fraction of sp³-hybridized carbons (Fsp3) is 0.500. The summed E-state index contributed by atoms with van der Waals surface area (Å²) in [7, 11) is 0. The number of amides is 1. The van der Waals surface area contributed by atoms with Crippen LogP contribution in [0.3, 0.4) is 0 Å². The lowest BCUT2D eigenvalue weighted by Crippen LogP contribution is -2.42. The van der Waals surface area contributed by atoms with Gasteiger partial charge in [0.15, 0.2) is 0 Å². The van der Waals surface area contributed by atoms with E-state index < -0.39 is 0 Å². The topological polar surface area (TPSA) is 40.5 Å². The van der Waals surface area contributed by atoms with E-state index in [1.807, 2.05) is 43.0 Å². The van der Waals surface area contributed by atoms with E-state index in [-0.39, 0.29) is 24.0 Å². The summed E-state index contributed by atoms with van der Waals surface area (Å²) in [5, 5.41) is 9.87. The van der Waals surface area contributed by atoms with Gasteiger partial charge in [-0.25, -0.2) is 0 Å². The summed E-state index contributed by atoms with van der Waals surface area (Å²) < 4.78 is 0. The van der Waals surface area contributed by atoms with Crippen LogP contribution in [0.15, 0.2) is 24.3 Å². The molecule has 1 aromatic carbocycles. The highest BCUT2D eigenvalue weighted by molar-refractivity contribution is 6.30. The Balaban J connectivity index is 2.25. The minimum Gasteiger partial charge on any atom is -0.396 e. The number of hydrogen-bond acceptors (Lipinski definition) is 2. The van der Waals surface area contributed by atoms with E-state index in [4.69, 9.17) is 11.6 Å². The summed E-state index contributed by atoms with van der Waals surface area (Å²) in [6.45, 7) is 4.73. The molecule has 2 rings (SSSR count). The highest BCUT2D eigenvalue weighted by Crippen LogP contribution is 2.34. The molecule has 1 aliphatic rings. The highest BCUT2D eigenvalue weighted by Gasteiger charge is 2.39. The summed E-state index contributed by atoms with van der Waals surface area (Å²) in [6.07, 6.45) is 0.438. The molecule has 0 aliphatic carbocycles. The molecule has 1 saturated heterocycles. The number of aliphatic hydroxyl groups excluding tert-OH is 1. The van der Waals surface area contributed by atoms with Crippen molar-refractivity contribution in [1.29, 1.82) is 0 Å². The summed E-state index contributed by atoms with van der Waals surface area (Å²) >= 11 is 5.88. The van der Waals surface area contributed by atoms with Gasteiger partial charge in [0.25, 0.3) is 0 Å². The Hall–Kier alpha value is -1.06. The van der Waals surface area contributed by atoms with Gasteiger partial charge in [-0.15, -0.1) is 0 Å². The molecular formula is C14H18ClNO2. The van der Waals surface area contributed by atoms with Crippen LogP contribution in [0.4, 0.5) is 0 Å². The van der Waals surface area contributed by atoms with Gasteiger partial charge in [0.05, 0.1) is 5.54 Å². The van der Waals surface area contributed by atoms with Gasteiger partial charge in [-0.05, 0) is 31.5 Å². The molecule has 0 saturated carbocycles. The van der Waals surface area contributed by atoms with Crippen LogP contribution in [0, 0.1) is 5.92 Å². The largest absolute Gasteiger partial charge is 0.396 e. The van der Waals surface area contributed by atoms with E-state index in [0.29, 0.717) is 18.0 Å². The van der Waals surface area contributed by atoms with Crippen LogP contribution in [-0.4, -0.2) is 29.1 Å². The van der Waals surface area contributed by atoms with Crippen molar-refractivity contribution >= 4 is 17.5 Å². The van der Waals surface area contributed by atoms with E-state index in [2.05, 4.69) is 0 Å². The van der Waals surface area contributed by atoms with Crippen LogP contribution in [0.5, 0.6) is 0 Å². The van der Waals surface area contributed by atoms with Crippen molar-refractivity contribution in [3.05, 3.63) is 34.9 Å². The third kappa shape index (κ3) is 2.38. The lowest BCUT2D eigenvalue weighted by molar-refractivity contribution is -0.132. The van der Waals surface area contributed by atoms with Crippen molar-refractivity contribution in [2.45, 2.75) is 25.8 Å². The number of aliphatic hydroxyl groups is 1. The molecule has 1 unspecified atom stereocenters. The first-order chi connectivity index (χ1) is 8.45. The minimum absolute atomic E-state index is 0.0593. The molecule has 0 spiro atoms. The molecule has 98 valence electrons. The van der Waals surface area contributed by atoms with E-state index >= 15 is 0 Å². The molecule has 1 fully saturated rings. The average molecular weight is 268 g/mol. The van der Waals surface area contributed by atoms with Gasteiger partial charge in [0, 0.05) is 30.5 Å². The molecule has 1 heterocycles. The van der Waals surface area contributed by atoms with Gasteiger partial charge in [-0.1, -0.05) is 23.7 Å². The molecule has 1 N–H and O–H groups in total. The Morgan fingerprint density at radius 2 is 2.00 bits per heavy atom. The predicted octanol–water partition coefficient (Wildman–Crippen LogP) is 2.42. The third-order valence-electron chi connectivity index (χ3n) is 3.69. The van der Waals surface area contributed by atoms with E-state index in [1.165, 1.54) is 0 Å². The normalized spacial score (nSPS) is 20.6. The van der Waals surface area contributed by atoms with Crippen LogP contribution in [0.1, 0.15) is 25.8 Å². The monoisotopic (exact) mass is 267 g/mol. The summed E-state index contributed by atoms with van der Waals surface area (Å²) in [4.78, 5) is 13.9. The van der Waals surface area contributed by atoms with Crippen molar-refractivity contribution < 1.29 is 9.90 Å². The van der Waals surface area contributed by atoms with Crippen molar-refractivity contribution in [1.82, 2.24) is 4.90 Å². The first kappa shape index (κ1) is 13.4. The van der Waals surface area contributed by atoms with Crippen molar-refractivity contribution in [2.75, 3.05) is 13.2 Å². The Kier molecular flexibility index (Phi) is 3.64. The number of carbonyl (C=O) groups is 1. The molecule has 0 bridgehead atoms. The van der Waals surface area contributed by atoms with E-state index in [9.17, 15) is 9.90 Å². The number of likely N-dealkylation sites (tertiary alicyclic amines) is 1. The van der Waals surface area contributed by atoms with Gasteiger partial charge < -0.3 is 10.0 Å². The standard InChI is InChI=1S/C14H18ClNO2/c1-14(2,11-3-5-12(15)6-4-11)16-8-10(9-17)7-13(16)18/h3-6,10,17H,7-9H2,1-2H3. The van der Waals surface area contributed by atoms with E-state index in [1.54, 1.807) is 0 Å². The minimum atomic E-state index is -0.369. The zero-order valence-corrected chi connectivity index (χ0v) is 11.4. The van der Waals surface area contributed by atoms with Gasteiger partial charge in [-0.2, -0.15) is 0 Å². The van der Waals surface area contributed by atoms with Crippen molar-refractivity contribution in [3.8, 4) is 0 Å². The second-order valence-corrected chi connectivity index (χ2v) is 5.76. The predicted molar refractivity (Wildman–Crippen MR) is 71.4 cm³/mol. The quantitative estimate of drug-likeness (QED) is 0.914. The highest BCUT2D eigenvalue weighted by atomic mass is 35.5. The first-order valence-electron chi connectivity index (χ1n) is 6.12. The average Bonchev–Trinajstić information content (AvgIpc) is 2.72. The number of nitrogens with zero attached hydrogens (tertiary/aromatic N) is 1. The van der Waals surface area contributed by atoms with Gasteiger partial charge >= 0.3 is 0 Å². The third-order valence-corrected chi connectivity index (χ3v) is 3.94. The maximum absolute atomic E-state index is 12.0. The molecule has 1 amide bonds. The zero-order valence-electron chi connectivity index (χ0n) is 10.7. The zero-order chi connectivity index (χ0) is 13.3. The molecule has 0 radical (unpaired) electrons. The molecule has 4 heteroatoms. The number of halogens is 1. The Morgan fingerprint density at radius 1 is 1.39 bits per heavy atom. The molecule has 0 aromatic heterocycles. The molecular weight excluding hydrogens is 250 g/mol. The second kappa shape index (κ2) is 4.90. The second-order valence-electron chi connectivity index (χ2n) is 5.32. The summed E-state index contributed by atoms with van der Waals surface area (Å²) in [5.41, 5.74) is 0.685. The fourth-order valence-corrected chi connectivity index (χ4v) is 2.58. The Bertz CT molecular complexity index is 442. The molecule has 1 aliphatic heterocycles. The number of rotatable bonds is 3. The van der Waals surface area contributed by atoms with Gasteiger partial charge in [-0.3, -0.25) is 4.79 Å². The van der Waals surface area contributed by atoms with Gasteiger partial charge in [0.2, 0.25) is 5.91 Å². The van der Waals surface area contributed by atoms with E-state index in [0.717, 1.165) is 5.56 Å². The van der Waals surface area contributed by atoms with Crippen molar-refractivity contribution in [2.24, 2.45) is 5.92 Å².